The van der Waals surface area contributed by atoms with Crippen molar-refractivity contribution in [1.29, 1.82) is 0 Å². The van der Waals surface area contributed by atoms with Gasteiger partial charge in [-0.1, -0.05) is 71.7 Å². The topological polar surface area (TPSA) is 111 Å². The highest BCUT2D eigenvalue weighted by Gasteiger charge is 2.30. The predicted octanol–water partition coefficient (Wildman–Crippen LogP) is 5.30. The van der Waals surface area contributed by atoms with E-state index in [2.05, 4.69) is 21.2 Å². The molecule has 2 amide bonds. The van der Waals surface area contributed by atoms with Crippen molar-refractivity contribution in [2.45, 2.75) is 38.8 Å². The Bertz CT molecular complexity index is 1250. The van der Waals surface area contributed by atoms with Gasteiger partial charge in [0, 0.05) is 36.1 Å². The molecule has 3 aromatic carbocycles. The van der Waals surface area contributed by atoms with Crippen LogP contribution in [0.4, 0.5) is 5.69 Å². The zero-order chi connectivity index (χ0) is 28.2. The van der Waals surface area contributed by atoms with Gasteiger partial charge in [0.2, 0.25) is 11.7 Å². The number of carbonyl (C=O) groups excluding carboxylic acids is 2. The molecule has 9 nitrogen and oxygen atoms in total. The van der Waals surface area contributed by atoms with Gasteiger partial charge < -0.3 is 19.7 Å². The number of nitrogens with one attached hydrogen (secondary N) is 1. The third kappa shape index (κ3) is 8.81. The second kappa shape index (κ2) is 14.9. The highest BCUT2D eigenvalue weighted by atomic mass is 79.9. The van der Waals surface area contributed by atoms with Crippen LogP contribution in [0.25, 0.3) is 0 Å². The molecule has 0 fully saturated rings. The Hall–Kier alpha value is -3.92. The Kier molecular flexibility index (Phi) is 11.3. The van der Waals surface area contributed by atoms with Crippen LogP contribution in [-0.4, -0.2) is 47.9 Å². The minimum atomic E-state index is -0.782. The van der Waals surface area contributed by atoms with Crippen molar-refractivity contribution >= 4 is 33.4 Å². The Morgan fingerprint density at radius 3 is 2.41 bits per heavy atom. The van der Waals surface area contributed by atoms with E-state index in [0.29, 0.717) is 13.0 Å². The van der Waals surface area contributed by atoms with Crippen LogP contribution in [0.1, 0.15) is 30.9 Å². The van der Waals surface area contributed by atoms with Crippen molar-refractivity contribution in [3.63, 3.8) is 0 Å². The van der Waals surface area contributed by atoms with Crippen LogP contribution in [0.15, 0.2) is 77.3 Å². The van der Waals surface area contributed by atoms with E-state index in [0.717, 1.165) is 28.4 Å². The van der Waals surface area contributed by atoms with Gasteiger partial charge in [0.25, 0.3) is 5.91 Å². The number of nitrogens with zero attached hydrogens (tertiary/aromatic N) is 2. The summed E-state index contributed by atoms with van der Waals surface area (Å²) in [5.74, 6) is -0.382. The number of nitro benzene ring substituents is 1. The van der Waals surface area contributed by atoms with Crippen molar-refractivity contribution in [3.8, 4) is 11.5 Å². The molecule has 0 aliphatic rings. The standard InChI is InChI=1S/C29H32BrN3O6/c1-3-4-16-31-29(35)26(17-21-8-6-5-7-9-21)32(19-22-10-12-23(30)13-11-22)28(34)20-39-24-14-15-25(33(36)37)27(18-24)38-2/h5-15,18,26H,3-4,16-17,19-20H2,1-2H3,(H,31,35)/t26-/m1/s1. The Balaban J connectivity index is 1.89. The van der Waals surface area contributed by atoms with Crippen molar-refractivity contribution in [2.24, 2.45) is 0 Å². The van der Waals surface area contributed by atoms with E-state index in [1.807, 2.05) is 61.5 Å². The van der Waals surface area contributed by atoms with Gasteiger partial charge in [0.1, 0.15) is 11.8 Å². The largest absolute Gasteiger partial charge is 0.490 e. The molecule has 0 radical (unpaired) electrons. The van der Waals surface area contributed by atoms with Gasteiger partial charge in [-0.25, -0.2) is 0 Å². The maximum Gasteiger partial charge on any atom is 0.311 e. The molecule has 3 aromatic rings. The number of unbranched alkanes of at least 4 members (excludes halogenated alkanes) is 1. The van der Waals surface area contributed by atoms with Gasteiger partial charge in [-0.15, -0.1) is 0 Å². The van der Waals surface area contributed by atoms with Gasteiger partial charge in [0.15, 0.2) is 6.61 Å². The molecule has 0 aliphatic carbocycles. The Morgan fingerprint density at radius 2 is 1.77 bits per heavy atom. The van der Waals surface area contributed by atoms with Crippen LogP contribution >= 0.6 is 15.9 Å². The van der Waals surface area contributed by atoms with Crippen molar-refractivity contribution in [1.82, 2.24) is 10.2 Å². The maximum atomic E-state index is 13.7. The quantitative estimate of drug-likeness (QED) is 0.153. The van der Waals surface area contributed by atoms with Gasteiger partial charge >= 0.3 is 5.69 Å². The smallest absolute Gasteiger partial charge is 0.311 e. The number of nitro groups is 1. The number of amides is 2. The molecule has 0 spiro atoms. The highest BCUT2D eigenvalue weighted by molar-refractivity contribution is 9.10. The summed E-state index contributed by atoms with van der Waals surface area (Å²) in [6.07, 6.45) is 2.08. The van der Waals surface area contributed by atoms with E-state index in [1.54, 1.807) is 0 Å². The second-order valence-corrected chi connectivity index (χ2v) is 9.79. The van der Waals surface area contributed by atoms with Crippen molar-refractivity contribution in [2.75, 3.05) is 20.3 Å². The van der Waals surface area contributed by atoms with E-state index in [-0.39, 0.29) is 36.2 Å². The number of carbonyl (C=O) groups is 2. The predicted molar refractivity (Wildman–Crippen MR) is 152 cm³/mol. The first-order valence-corrected chi connectivity index (χ1v) is 13.4. The van der Waals surface area contributed by atoms with E-state index < -0.39 is 16.9 Å². The average Bonchev–Trinajstić information content (AvgIpc) is 2.94. The number of ether oxygens (including phenoxy) is 2. The summed E-state index contributed by atoms with van der Waals surface area (Å²) in [7, 11) is 1.32. The molecule has 0 aromatic heterocycles. The van der Waals surface area contributed by atoms with E-state index in [4.69, 9.17) is 9.47 Å². The Labute approximate surface area is 236 Å². The molecule has 0 aliphatic heterocycles. The van der Waals surface area contributed by atoms with Crippen molar-refractivity contribution in [3.05, 3.63) is 98.5 Å². The lowest BCUT2D eigenvalue weighted by Crippen LogP contribution is -2.51. The monoisotopic (exact) mass is 597 g/mol. The summed E-state index contributed by atoms with van der Waals surface area (Å²) in [6.45, 7) is 2.38. The summed E-state index contributed by atoms with van der Waals surface area (Å²) < 4.78 is 11.7. The minimum absolute atomic E-state index is 0.0222. The summed E-state index contributed by atoms with van der Waals surface area (Å²) in [5.41, 5.74) is 1.56. The Morgan fingerprint density at radius 1 is 1.05 bits per heavy atom. The van der Waals surface area contributed by atoms with Crippen molar-refractivity contribution < 1.29 is 24.0 Å². The zero-order valence-corrected chi connectivity index (χ0v) is 23.6. The number of halogens is 1. The molecule has 1 N–H and O–H groups in total. The SMILES string of the molecule is CCCCNC(=O)[C@@H](Cc1ccccc1)N(Cc1ccc(Br)cc1)C(=O)COc1ccc([N+](=O)[O-])c(OC)c1. The highest BCUT2D eigenvalue weighted by Crippen LogP contribution is 2.31. The van der Waals surface area contributed by atoms with E-state index in [1.165, 1.54) is 30.2 Å². The molecule has 3 rings (SSSR count). The van der Waals surface area contributed by atoms with Gasteiger partial charge in [-0.3, -0.25) is 19.7 Å². The lowest BCUT2D eigenvalue weighted by molar-refractivity contribution is -0.385. The van der Waals surface area contributed by atoms with Crippen LogP contribution in [0.3, 0.4) is 0 Å². The van der Waals surface area contributed by atoms with Crippen LogP contribution in [0.5, 0.6) is 11.5 Å². The molecule has 10 heteroatoms. The zero-order valence-electron chi connectivity index (χ0n) is 22.0. The van der Waals surface area contributed by atoms with Gasteiger partial charge in [-0.2, -0.15) is 0 Å². The first-order valence-electron chi connectivity index (χ1n) is 12.6. The molecule has 1 atom stereocenters. The molecule has 0 heterocycles. The molecule has 0 bridgehead atoms. The number of hydrogen-bond donors (Lipinski definition) is 1. The fourth-order valence-electron chi connectivity index (χ4n) is 3.97. The molecular weight excluding hydrogens is 566 g/mol. The average molecular weight is 598 g/mol. The van der Waals surface area contributed by atoms with Crippen LogP contribution < -0.4 is 14.8 Å². The molecule has 0 saturated carbocycles. The van der Waals surface area contributed by atoms with E-state index in [9.17, 15) is 19.7 Å². The fourth-order valence-corrected chi connectivity index (χ4v) is 4.24. The fraction of sp³-hybridized carbons (Fsp3) is 0.310. The van der Waals surface area contributed by atoms with Crippen LogP contribution in [0, 0.1) is 10.1 Å². The molecule has 39 heavy (non-hydrogen) atoms. The lowest BCUT2D eigenvalue weighted by atomic mass is 10.0. The number of rotatable bonds is 14. The maximum absolute atomic E-state index is 13.7. The third-order valence-corrected chi connectivity index (χ3v) is 6.61. The second-order valence-electron chi connectivity index (χ2n) is 8.88. The molecule has 0 saturated heterocycles. The molecule has 0 unspecified atom stereocenters. The molecular formula is C29H32BrN3O6. The molecule has 206 valence electrons. The summed E-state index contributed by atoms with van der Waals surface area (Å²) in [4.78, 5) is 39.3. The summed E-state index contributed by atoms with van der Waals surface area (Å²) in [5, 5.41) is 14.2. The first-order chi connectivity index (χ1) is 18.8. The number of benzene rings is 3. The first kappa shape index (κ1) is 29.6. The third-order valence-electron chi connectivity index (χ3n) is 6.08. The van der Waals surface area contributed by atoms with Gasteiger partial charge in [0.05, 0.1) is 12.0 Å². The summed E-state index contributed by atoms with van der Waals surface area (Å²) in [6, 6.07) is 20.3. The van der Waals surface area contributed by atoms with E-state index >= 15 is 0 Å². The van der Waals surface area contributed by atoms with Gasteiger partial charge in [-0.05, 0) is 35.7 Å². The van der Waals surface area contributed by atoms with Crippen LogP contribution in [-0.2, 0) is 22.6 Å². The summed E-state index contributed by atoms with van der Waals surface area (Å²) >= 11 is 3.43. The van der Waals surface area contributed by atoms with Crippen LogP contribution in [0.2, 0.25) is 0 Å². The normalized spacial score (nSPS) is 11.4. The number of methoxy groups -OCH3 is 1. The minimum Gasteiger partial charge on any atom is -0.490 e. The lowest BCUT2D eigenvalue weighted by Gasteiger charge is -2.31. The number of hydrogen-bond acceptors (Lipinski definition) is 6.